The number of carboxylic acids is 1. The topological polar surface area (TPSA) is 153 Å². The molecule has 0 atom stereocenters. The molecular formula is C50H80N6O7. The highest BCUT2D eigenvalue weighted by molar-refractivity contribution is 5.76. The van der Waals surface area contributed by atoms with Gasteiger partial charge in [0.25, 0.3) is 0 Å². The summed E-state index contributed by atoms with van der Waals surface area (Å²) < 4.78 is 10.6. The Balaban J connectivity index is 0.000000230. The minimum atomic E-state index is -0.728. The maximum Gasteiger partial charge on any atom is 0.407 e. The number of nitrogens with one attached hydrogen (secondary N) is 3. The van der Waals surface area contributed by atoms with Gasteiger partial charge in [-0.3, -0.25) is 9.59 Å². The van der Waals surface area contributed by atoms with Crippen molar-refractivity contribution in [1.29, 1.82) is 0 Å². The second-order valence-corrected chi connectivity index (χ2v) is 20.0. The normalized spacial score (nSPS) is 21.7. The lowest BCUT2D eigenvalue weighted by Gasteiger charge is -2.36. The summed E-state index contributed by atoms with van der Waals surface area (Å²) in [6.07, 6.45) is 9.73. The van der Waals surface area contributed by atoms with Gasteiger partial charge in [-0.2, -0.15) is 0 Å². The second kappa shape index (κ2) is 25.1. The van der Waals surface area contributed by atoms with Crippen molar-refractivity contribution in [2.75, 3.05) is 62.2 Å². The molecule has 0 unspecified atom stereocenters. The smallest absolute Gasteiger partial charge is 0.407 e. The first-order valence-electron chi connectivity index (χ1n) is 23.6. The number of benzene rings is 2. The van der Waals surface area contributed by atoms with Crippen LogP contribution >= 0.6 is 0 Å². The number of anilines is 2. The molecule has 0 radical (unpaired) electrons. The molecule has 2 saturated carbocycles. The molecule has 63 heavy (non-hydrogen) atoms. The van der Waals surface area contributed by atoms with Gasteiger partial charge in [0, 0.05) is 88.7 Å². The first-order valence-corrected chi connectivity index (χ1v) is 23.6. The number of carbonyl (C=O) groups is 4. The van der Waals surface area contributed by atoms with Crippen molar-refractivity contribution in [3.8, 4) is 0 Å². The number of piperazine rings is 2. The van der Waals surface area contributed by atoms with Gasteiger partial charge in [0.15, 0.2) is 0 Å². The molecule has 13 nitrogen and oxygen atoms in total. The lowest BCUT2D eigenvalue weighted by molar-refractivity contribution is -0.137. The van der Waals surface area contributed by atoms with E-state index in [0.29, 0.717) is 18.3 Å². The van der Waals surface area contributed by atoms with Crippen LogP contribution in [-0.2, 0) is 19.1 Å². The molecule has 2 aliphatic carbocycles. The summed E-state index contributed by atoms with van der Waals surface area (Å²) in [6, 6.07) is 17.8. The molecule has 3 amide bonds. The molecule has 0 bridgehead atoms. The molecule has 4 aliphatic rings. The summed E-state index contributed by atoms with van der Waals surface area (Å²) >= 11 is 0. The summed E-state index contributed by atoms with van der Waals surface area (Å²) in [6.45, 7) is 23.3. The monoisotopic (exact) mass is 877 g/mol. The number of ether oxygens (including phenoxy) is 2. The minimum absolute atomic E-state index is 0.163. The third kappa shape index (κ3) is 20.2. The molecule has 0 aromatic heterocycles. The van der Waals surface area contributed by atoms with Gasteiger partial charge in [-0.25, -0.2) is 9.59 Å². The fourth-order valence-corrected chi connectivity index (χ4v) is 8.60. The van der Waals surface area contributed by atoms with Crippen molar-refractivity contribution in [3.63, 3.8) is 0 Å². The largest absolute Gasteiger partial charge is 0.481 e. The fourth-order valence-electron chi connectivity index (χ4n) is 8.60. The van der Waals surface area contributed by atoms with E-state index in [-0.39, 0.29) is 36.6 Å². The van der Waals surface area contributed by atoms with E-state index in [1.54, 1.807) is 0 Å². The van der Waals surface area contributed by atoms with Crippen molar-refractivity contribution in [3.05, 3.63) is 59.7 Å². The van der Waals surface area contributed by atoms with Crippen LogP contribution in [0.15, 0.2) is 48.5 Å². The van der Waals surface area contributed by atoms with Gasteiger partial charge in [-0.15, -0.1) is 0 Å². The highest BCUT2D eigenvalue weighted by atomic mass is 16.6. The van der Waals surface area contributed by atoms with E-state index in [1.165, 1.54) is 22.5 Å². The van der Waals surface area contributed by atoms with Crippen LogP contribution in [0.2, 0.25) is 0 Å². The first kappa shape index (κ1) is 51.1. The van der Waals surface area contributed by atoms with Crippen LogP contribution < -0.4 is 25.8 Å². The van der Waals surface area contributed by atoms with E-state index in [0.717, 1.165) is 117 Å². The van der Waals surface area contributed by atoms with Crippen LogP contribution in [-0.4, -0.2) is 110 Å². The zero-order valence-electron chi connectivity index (χ0n) is 39.8. The number of aliphatic carboxylic acids is 1. The predicted molar refractivity (Wildman–Crippen MR) is 253 cm³/mol. The standard InChI is InChI=1S/C25H39N3O3.C14H25NO4.C11H16N2/c1-19-5-12-22(13-6-19)27-15-17-28(18-16-27)23(29)14-9-20-7-10-21(11-8-20)26-24(30)31-25(2,3)4;1-14(2,3)19-13(18)15-11-7-4-10(5-8-11)6-9-12(16)17;1-10-2-4-11(5-3-10)13-8-6-12-7-9-13/h5-6,12-13,20-21H,7-11,14-18H2,1-4H3,(H,26,30);10-11H,4-9H2,1-3H3,(H,15,18)(H,16,17);2-5,12H,6-9H2,1H3. The molecule has 352 valence electrons. The highest BCUT2D eigenvalue weighted by Gasteiger charge is 2.28. The third-order valence-corrected chi connectivity index (χ3v) is 12.2. The predicted octanol–water partition coefficient (Wildman–Crippen LogP) is 8.85. The molecule has 2 aromatic rings. The van der Waals surface area contributed by atoms with E-state index in [9.17, 15) is 19.2 Å². The number of alkyl carbamates (subject to hydrolysis) is 2. The van der Waals surface area contributed by atoms with Gasteiger partial charge in [0.1, 0.15) is 11.2 Å². The molecule has 2 heterocycles. The number of carboxylic acid groups (broad SMARTS) is 1. The lowest BCUT2D eigenvalue weighted by atomic mass is 9.83. The van der Waals surface area contributed by atoms with Crippen LogP contribution in [0.1, 0.15) is 130 Å². The Kier molecular flexibility index (Phi) is 20.4. The van der Waals surface area contributed by atoms with Crippen LogP contribution in [0.25, 0.3) is 0 Å². The summed E-state index contributed by atoms with van der Waals surface area (Å²) in [7, 11) is 0. The molecule has 2 saturated heterocycles. The molecule has 6 rings (SSSR count). The van der Waals surface area contributed by atoms with Gasteiger partial charge < -0.3 is 45.2 Å². The number of nitrogens with zero attached hydrogens (tertiary/aromatic N) is 3. The SMILES string of the molecule is CC(C)(C)OC(=O)NC1CCC(CCC(=O)O)CC1.Cc1ccc(N2CCN(C(=O)CCC3CCC(NC(=O)OC(C)(C)C)CC3)CC2)cc1.Cc1ccc(N2CCNCC2)cc1. The summed E-state index contributed by atoms with van der Waals surface area (Å²) in [5.74, 6) is 0.619. The van der Waals surface area contributed by atoms with Crippen molar-refractivity contribution >= 4 is 35.4 Å². The van der Waals surface area contributed by atoms with Gasteiger partial charge in [0.2, 0.25) is 5.91 Å². The zero-order valence-corrected chi connectivity index (χ0v) is 39.8. The number of rotatable bonds is 10. The molecule has 2 aromatic carbocycles. The summed E-state index contributed by atoms with van der Waals surface area (Å²) in [4.78, 5) is 53.6. The van der Waals surface area contributed by atoms with E-state index in [4.69, 9.17) is 14.6 Å². The molecule has 4 N–H and O–H groups in total. The van der Waals surface area contributed by atoms with Crippen molar-refractivity contribution in [2.45, 2.75) is 156 Å². The van der Waals surface area contributed by atoms with E-state index < -0.39 is 17.2 Å². The maximum absolute atomic E-state index is 12.7. The highest BCUT2D eigenvalue weighted by Crippen LogP contribution is 2.30. The Hall–Kier alpha value is -4.52. The van der Waals surface area contributed by atoms with E-state index >= 15 is 0 Å². The number of hydrogen-bond acceptors (Lipinski definition) is 9. The van der Waals surface area contributed by atoms with Gasteiger partial charge in [-0.05, 0) is 156 Å². The third-order valence-electron chi connectivity index (χ3n) is 12.2. The molecular weight excluding hydrogens is 797 g/mol. The van der Waals surface area contributed by atoms with Crippen LogP contribution in [0, 0.1) is 25.7 Å². The van der Waals surface area contributed by atoms with Gasteiger partial charge in [0.05, 0.1) is 0 Å². The summed E-state index contributed by atoms with van der Waals surface area (Å²) in [5, 5.41) is 17.9. The average Bonchev–Trinajstić information content (AvgIpc) is 3.23. The maximum atomic E-state index is 12.7. The zero-order chi connectivity index (χ0) is 46.0. The van der Waals surface area contributed by atoms with Crippen LogP contribution in [0.5, 0.6) is 0 Å². The number of aryl methyl sites for hydroxylation is 2. The van der Waals surface area contributed by atoms with Crippen molar-refractivity contribution in [2.24, 2.45) is 11.8 Å². The quantitative estimate of drug-likeness (QED) is 0.182. The molecule has 4 fully saturated rings. The fraction of sp³-hybridized carbons (Fsp3) is 0.680. The van der Waals surface area contributed by atoms with E-state index in [2.05, 4.69) is 88.1 Å². The Bertz CT molecular complexity index is 1680. The second-order valence-electron chi connectivity index (χ2n) is 20.0. The Labute approximate surface area is 378 Å². The molecule has 13 heteroatoms. The number of amides is 3. The number of carbonyl (C=O) groups excluding carboxylic acids is 3. The van der Waals surface area contributed by atoms with Crippen molar-refractivity contribution in [1.82, 2.24) is 20.9 Å². The summed E-state index contributed by atoms with van der Waals surface area (Å²) in [5.41, 5.74) is 4.27. The Morgan fingerprint density at radius 1 is 0.587 bits per heavy atom. The molecule has 2 aliphatic heterocycles. The van der Waals surface area contributed by atoms with Gasteiger partial charge >= 0.3 is 18.2 Å². The van der Waals surface area contributed by atoms with Crippen LogP contribution in [0.4, 0.5) is 21.0 Å². The van der Waals surface area contributed by atoms with Crippen molar-refractivity contribution < 1.29 is 33.8 Å². The molecule has 0 spiro atoms. The Morgan fingerprint density at radius 3 is 1.35 bits per heavy atom. The van der Waals surface area contributed by atoms with Gasteiger partial charge in [-0.1, -0.05) is 35.4 Å². The first-order chi connectivity index (χ1) is 29.8. The van der Waals surface area contributed by atoms with Crippen LogP contribution in [0.3, 0.4) is 0 Å². The minimum Gasteiger partial charge on any atom is -0.481 e. The number of hydrogen-bond donors (Lipinski definition) is 4. The lowest BCUT2D eigenvalue weighted by Crippen LogP contribution is -2.48. The Morgan fingerprint density at radius 2 is 0.968 bits per heavy atom. The average molecular weight is 877 g/mol. The van der Waals surface area contributed by atoms with E-state index in [1.807, 2.05) is 46.4 Å².